The van der Waals surface area contributed by atoms with Crippen LogP contribution in [0.3, 0.4) is 0 Å². The van der Waals surface area contributed by atoms with Crippen molar-refractivity contribution in [2.45, 2.75) is 0 Å². The molecule has 0 saturated carbocycles. The molecule has 0 unspecified atom stereocenters. The van der Waals surface area contributed by atoms with E-state index in [2.05, 4.69) is 17.1 Å². The maximum atomic E-state index is 5.39. The van der Waals surface area contributed by atoms with E-state index < -0.39 is 0 Å². The molecule has 17 heavy (non-hydrogen) atoms. The van der Waals surface area contributed by atoms with E-state index in [9.17, 15) is 0 Å². The Bertz CT molecular complexity index is 390. The van der Waals surface area contributed by atoms with Crippen molar-refractivity contribution in [3.63, 3.8) is 0 Å². The number of hydrogen-bond donors (Lipinski definition) is 1. The summed E-state index contributed by atoms with van der Waals surface area (Å²) in [4.78, 5) is 4.18. The molecule has 1 fully saturated rings. The van der Waals surface area contributed by atoms with Gasteiger partial charge in [-0.05, 0) is 12.1 Å². The second-order valence-corrected chi connectivity index (χ2v) is 3.84. The Morgan fingerprint density at radius 2 is 1.76 bits per heavy atom. The summed E-state index contributed by atoms with van der Waals surface area (Å²) in [6.07, 6.45) is 1.81. The third-order valence-electron chi connectivity index (χ3n) is 2.56. The summed E-state index contributed by atoms with van der Waals surface area (Å²) >= 11 is 0. The number of ether oxygens (including phenoxy) is 1. The Labute approximate surface area is 101 Å². The summed E-state index contributed by atoms with van der Waals surface area (Å²) in [6.45, 7) is 3.33. The zero-order chi connectivity index (χ0) is 11.9. The fourth-order valence-electron chi connectivity index (χ4n) is 1.59. The first-order chi connectivity index (χ1) is 8.36. The topological polar surface area (TPSA) is 51.4 Å². The highest BCUT2D eigenvalue weighted by Gasteiger charge is 2.02. The first kappa shape index (κ1) is 12.0. The quantitative estimate of drug-likeness (QED) is 0.697. The molecular formula is C13H17N3O. The Hall–Kier alpha value is -1.49. The maximum absolute atomic E-state index is 5.39. The summed E-state index contributed by atoms with van der Waals surface area (Å²) in [5, 5.41) is 2.97. The molecule has 0 radical (unpaired) electrons. The second kappa shape index (κ2) is 6.30. The van der Waals surface area contributed by atoms with Crippen LogP contribution in [0.1, 0.15) is 0 Å². The van der Waals surface area contributed by atoms with Crippen molar-refractivity contribution in [2.24, 2.45) is 5.84 Å². The molecule has 90 valence electrons. The molecule has 1 aromatic heterocycles. The van der Waals surface area contributed by atoms with E-state index in [1.165, 1.54) is 5.39 Å². The summed E-state index contributed by atoms with van der Waals surface area (Å²) in [5.74, 6) is 5.39. The molecule has 2 N–H and O–H groups in total. The van der Waals surface area contributed by atoms with Gasteiger partial charge in [0.1, 0.15) is 0 Å². The van der Waals surface area contributed by atoms with Crippen molar-refractivity contribution in [3.8, 4) is 0 Å². The number of morpholine rings is 1. The number of hydrogen-bond acceptors (Lipinski definition) is 4. The molecular weight excluding hydrogens is 214 g/mol. The second-order valence-electron chi connectivity index (χ2n) is 3.84. The molecule has 1 aromatic carbocycles. The number of aromatic nitrogens is 1. The zero-order valence-corrected chi connectivity index (χ0v) is 9.75. The van der Waals surface area contributed by atoms with Crippen LogP contribution < -0.4 is 5.84 Å². The summed E-state index contributed by atoms with van der Waals surface area (Å²) in [6, 6.07) is 12.1. The van der Waals surface area contributed by atoms with E-state index in [4.69, 9.17) is 10.6 Å². The highest BCUT2D eigenvalue weighted by Crippen LogP contribution is 2.07. The molecule has 0 spiro atoms. The fourth-order valence-corrected chi connectivity index (χ4v) is 1.59. The van der Waals surface area contributed by atoms with Crippen LogP contribution in [0.2, 0.25) is 0 Å². The van der Waals surface area contributed by atoms with Crippen molar-refractivity contribution in [1.29, 1.82) is 0 Å². The molecule has 2 aromatic rings. The maximum Gasteiger partial charge on any atom is 0.0701 e. The molecule has 1 aliphatic rings. The molecule has 0 amide bonds. The molecule has 4 nitrogen and oxygen atoms in total. The third kappa shape index (κ3) is 3.78. The van der Waals surface area contributed by atoms with Crippen LogP contribution in [0.4, 0.5) is 0 Å². The van der Waals surface area contributed by atoms with Gasteiger partial charge in [-0.3, -0.25) is 10.8 Å². The SMILES string of the molecule is NN1CCOCC1.c1ccc2ncccc2c1. The van der Waals surface area contributed by atoms with Gasteiger partial charge in [0.15, 0.2) is 0 Å². The van der Waals surface area contributed by atoms with Crippen molar-refractivity contribution in [3.05, 3.63) is 42.6 Å². The molecule has 0 aliphatic carbocycles. The van der Waals surface area contributed by atoms with Gasteiger partial charge in [-0.1, -0.05) is 24.3 Å². The Morgan fingerprint density at radius 1 is 1.06 bits per heavy atom. The Kier molecular flexibility index (Phi) is 4.44. The fraction of sp³-hybridized carbons (Fsp3) is 0.308. The zero-order valence-electron chi connectivity index (χ0n) is 9.75. The van der Waals surface area contributed by atoms with Crippen LogP contribution >= 0.6 is 0 Å². The molecule has 1 aliphatic heterocycles. The van der Waals surface area contributed by atoms with Crippen LogP contribution in [0.15, 0.2) is 42.6 Å². The number of rotatable bonds is 0. The van der Waals surface area contributed by atoms with E-state index in [0.717, 1.165) is 31.8 Å². The van der Waals surface area contributed by atoms with Gasteiger partial charge in [-0.15, -0.1) is 0 Å². The van der Waals surface area contributed by atoms with Gasteiger partial charge < -0.3 is 4.74 Å². The number of hydrazine groups is 1. The van der Waals surface area contributed by atoms with E-state index in [1.54, 1.807) is 5.01 Å². The summed E-state index contributed by atoms with van der Waals surface area (Å²) in [7, 11) is 0. The first-order valence-corrected chi connectivity index (χ1v) is 5.73. The van der Waals surface area contributed by atoms with Crippen molar-refractivity contribution < 1.29 is 4.74 Å². The van der Waals surface area contributed by atoms with Gasteiger partial charge in [0, 0.05) is 24.7 Å². The van der Waals surface area contributed by atoms with E-state index >= 15 is 0 Å². The minimum absolute atomic E-state index is 0.788. The van der Waals surface area contributed by atoms with E-state index in [1.807, 2.05) is 30.5 Å². The lowest BCUT2D eigenvalue weighted by atomic mass is 10.2. The lowest BCUT2D eigenvalue weighted by Crippen LogP contribution is -2.41. The monoisotopic (exact) mass is 231 g/mol. The summed E-state index contributed by atoms with van der Waals surface area (Å²) < 4.78 is 5.02. The number of nitrogens with two attached hydrogens (primary N) is 1. The van der Waals surface area contributed by atoms with Gasteiger partial charge in [0.25, 0.3) is 0 Å². The minimum Gasteiger partial charge on any atom is -0.379 e. The van der Waals surface area contributed by atoms with E-state index in [-0.39, 0.29) is 0 Å². The average molecular weight is 231 g/mol. The molecule has 3 rings (SSSR count). The number of fused-ring (bicyclic) bond motifs is 1. The van der Waals surface area contributed by atoms with Gasteiger partial charge in [0.2, 0.25) is 0 Å². The molecule has 4 heteroatoms. The van der Waals surface area contributed by atoms with Crippen LogP contribution in [0.25, 0.3) is 10.9 Å². The molecule has 0 atom stereocenters. The van der Waals surface area contributed by atoms with Crippen molar-refractivity contribution in [2.75, 3.05) is 26.3 Å². The number of nitrogens with zero attached hydrogens (tertiary/aromatic N) is 2. The largest absolute Gasteiger partial charge is 0.379 e. The third-order valence-corrected chi connectivity index (χ3v) is 2.56. The van der Waals surface area contributed by atoms with Gasteiger partial charge in [-0.25, -0.2) is 5.01 Å². The number of pyridine rings is 1. The molecule has 1 saturated heterocycles. The molecule has 0 bridgehead atoms. The number of para-hydroxylation sites is 1. The highest BCUT2D eigenvalue weighted by atomic mass is 16.5. The highest BCUT2D eigenvalue weighted by molar-refractivity contribution is 5.77. The van der Waals surface area contributed by atoms with E-state index in [0.29, 0.717) is 0 Å². The number of benzene rings is 1. The lowest BCUT2D eigenvalue weighted by molar-refractivity contribution is 0.0378. The Balaban J connectivity index is 0.000000136. The smallest absolute Gasteiger partial charge is 0.0701 e. The predicted octanol–water partition coefficient (Wildman–Crippen LogP) is 1.43. The molecule has 2 heterocycles. The normalized spacial score (nSPS) is 16.3. The van der Waals surface area contributed by atoms with Crippen molar-refractivity contribution >= 4 is 10.9 Å². The van der Waals surface area contributed by atoms with Crippen LogP contribution in [0, 0.1) is 0 Å². The predicted molar refractivity (Wildman–Crippen MR) is 68.3 cm³/mol. The van der Waals surface area contributed by atoms with Gasteiger partial charge >= 0.3 is 0 Å². The summed E-state index contributed by atoms with van der Waals surface area (Å²) in [5.41, 5.74) is 1.06. The van der Waals surface area contributed by atoms with Crippen molar-refractivity contribution in [1.82, 2.24) is 9.99 Å². The average Bonchev–Trinajstić information content (AvgIpc) is 2.41. The van der Waals surface area contributed by atoms with Gasteiger partial charge in [-0.2, -0.15) is 0 Å². The first-order valence-electron chi connectivity index (χ1n) is 5.73. The Morgan fingerprint density at radius 3 is 2.41 bits per heavy atom. The van der Waals surface area contributed by atoms with Crippen LogP contribution in [-0.2, 0) is 4.74 Å². The minimum atomic E-state index is 0.788. The standard InChI is InChI=1S/C9H7N.C4H10N2O/c1-2-6-9-8(4-1)5-3-7-10-9;5-6-1-3-7-4-2-6/h1-7H;1-5H2. The lowest BCUT2D eigenvalue weighted by Gasteiger charge is -2.20. The van der Waals surface area contributed by atoms with Gasteiger partial charge in [0.05, 0.1) is 18.7 Å². The van der Waals surface area contributed by atoms with Crippen LogP contribution in [0.5, 0.6) is 0 Å². The van der Waals surface area contributed by atoms with Crippen LogP contribution in [-0.4, -0.2) is 36.3 Å².